The maximum Gasteiger partial charge on any atom is 0.338 e. The SMILES string of the molecule is CCOCCOCCOCCOCCOCCOC(=O)c1ccccc1. The number of carbonyl (C=O) groups is 1. The summed E-state index contributed by atoms with van der Waals surface area (Å²) in [5, 5.41) is 0. The maximum atomic E-state index is 11.7. The van der Waals surface area contributed by atoms with E-state index in [0.717, 1.165) is 0 Å². The normalized spacial score (nSPS) is 10.8. The average molecular weight is 370 g/mol. The van der Waals surface area contributed by atoms with Crippen molar-refractivity contribution in [2.45, 2.75) is 6.92 Å². The van der Waals surface area contributed by atoms with E-state index in [9.17, 15) is 4.79 Å². The molecule has 0 fully saturated rings. The summed E-state index contributed by atoms with van der Waals surface area (Å²) in [5.41, 5.74) is 0.538. The van der Waals surface area contributed by atoms with Crippen molar-refractivity contribution in [1.82, 2.24) is 0 Å². The Balaban J connectivity index is 1.76. The Hall–Kier alpha value is -1.51. The first-order chi connectivity index (χ1) is 12.8. The zero-order chi connectivity index (χ0) is 18.7. The number of benzene rings is 1. The number of carbonyl (C=O) groups excluding carboxylic acids is 1. The summed E-state index contributed by atoms with van der Waals surface area (Å²) in [6.45, 7) is 7.47. The van der Waals surface area contributed by atoms with Crippen LogP contribution in [0.25, 0.3) is 0 Å². The molecule has 0 amide bonds. The lowest BCUT2D eigenvalue weighted by molar-refractivity contribution is -0.0146. The van der Waals surface area contributed by atoms with Crippen LogP contribution >= 0.6 is 0 Å². The Kier molecular flexibility index (Phi) is 14.7. The Morgan fingerprint density at radius 2 is 1.08 bits per heavy atom. The van der Waals surface area contributed by atoms with E-state index in [4.69, 9.17) is 28.4 Å². The van der Waals surface area contributed by atoms with Gasteiger partial charge in [-0.25, -0.2) is 4.79 Å². The molecule has 0 atom stereocenters. The van der Waals surface area contributed by atoms with E-state index in [1.165, 1.54) is 0 Å². The molecular formula is C19H30O7. The minimum atomic E-state index is -0.343. The van der Waals surface area contributed by atoms with Crippen LogP contribution in [0.15, 0.2) is 30.3 Å². The molecule has 0 heterocycles. The fourth-order valence-corrected chi connectivity index (χ4v) is 1.87. The molecule has 0 spiro atoms. The van der Waals surface area contributed by atoms with E-state index >= 15 is 0 Å². The summed E-state index contributed by atoms with van der Waals surface area (Å²) in [4.78, 5) is 11.7. The number of ether oxygens (including phenoxy) is 6. The minimum absolute atomic E-state index is 0.222. The summed E-state index contributed by atoms with van der Waals surface area (Å²) in [5.74, 6) is -0.343. The number of hydrogen-bond donors (Lipinski definition) is 0. The van der Waals surface area contributed by atoms with Crippen LogP contribution in [0.1, 0.15) is 17.3 Å². The van der Waals surface area contributed by atoms with Gasteiger partial charge in [0, 0.05) is 6.61 Å². The van der Waals surface area contributed by atoms with E-state index in [1.54, 1.807) is 24.3 Å². The summed E-state index contributed by atoms with van der Waals surface area (Å²) in [6, 6.07) is 8.87. The van der Waals surface area contributed by atoms with Gasteiger partial charge in [-0.2, -0.15) is 0 Å². The van der Waals surface area contributed by atoms with E-state index in [0.29, 0.717) is 71.6 Å². The lowest BCUT2D eigenvalue weighted by atomic mass is 10.2. The van der Waals surface area contributed by atoms with E-state index in [2.05, 4.69) is 0 Å². The fourth-order valence-electron chi connectivity index (χ4n) is 1.87. The second kappa shape index (κ2) is 16.9. The molecule has 1 aromatic rings. The lowest BCUT2D eigenvalue weighted by Gasteiger charge is -2.08. The topological polar surface area (TPSA) is 72.5 Å². The summed E-state index contributed by atoms with van der Waals surface area (Å²) >= 11 is 0. The molecule has 0 saturated heterocycles. The molecule has 0 aromatic heterocycles. The molecule has 0 unspecified atom stereocenters. The van der Waals surface area contributed by atoms with Gasteiger partial charge in [0.1, 0.15) is 6.61 Å². The maximum absolute atomic E-state index is 11.7. The Morgan fingerprint density at radius 1 is 0.654 bits per heavy atom. The third-order valence-electron chi connectivity index (χ3n) is 3.16. The van der Waals surface area contributed by atoms with E-state index in [1.807, 2.05) is 13.0 Å². The minimum Gasteiger partial charge on any atom is -0.460 e. The first-order valence-corrected chi connectivity index (χ1v) is 8.95. The molecule has 148 valence electrons. The second-order valence-corrected chi connectivity index (χ2v) is 5.15. The van der Waals surface area contributed by atoms with E-state index < -0.39 is 0 Å². The third-order valence-corrected chi connectivity index (χ3v) is 3.16. The van der Waals surface area contributed by atoms with Gasteiger partial charge in [-0.3, -0.25) is 0 Å². The fraction of sp³-hybridized carbons (Fsp3) is 0.632. The van der Waals surface area contributed by atoms with Crippen molar-refractivity contribution in [2.24, 2.45) is 0 Å². The summed E-state index contributed by atoms with van der Waals surface area (Å²) in [6.07, 6.45) is 0. The highest BCUT2D eigenvalue weighted by molar-refractivity contribution is 5.89. The van der Waals surface area contributed by atoms with Crippen LogP contribution < -0.4 is 0 Å². The van der Waals surface area contributed by atoms with Crippen molar-refractivity contribution < 1.29 is 33.2 Å². The monoisotopic (exact) mass is 370 g/mol. The second-order valence-electron chi connectivity index (χ2n) is 5.15. The highest BCUT2D eigenvalue weighted by Crippen LogP contribution is 2.00. The molecule has 0 radical (unpaired) electrons. The van der Waals surface area contributed by atoms with Gasteiger partial charge >= 0.3 is 5.97 Å². The molecule has 7 nitrogen and oxygen atoms in total. The Labute approximate surface area is 155 Å². The molecule has 0 aliphatic rings. The van der Waals surface area contributed by atoms with E-state index in [-0.39, 0.29) is 12.6 Å². The van der Waals surface area contributed by atoms with Crippen LogP contribution in [0, 0.1) is 0 Å². The quantitative estimate of drug-likeness (QED) is 0.306. The lowest BCUT2D eigenvalue weighted by Crippen LogP contribution is -2.15. The number of hydrogen-bond acceptors (Lipinski definition) is 7. The third kappa shape index (κ3) is 12.8. The van der Waals surface area contributed by atoms with Gasteiger partial charge in [-0.05, 0) is 19.1 Å². The van der Waals surface area contributed by atoms with Crippen molar-refractivity contribution in [3.05, 3.63) is 35.9 Å². The zero-order valence-corrected chi connectivity index (χ0v) is 15.5. The molecule has 1 aromatic carbocycles. The van der Waals surface area contributed by atoms with Crippen LogP contribution in [0.2, 0.25) is 0 Å². The molecule has 0 N–H and O–H groups in total. The van der Waals surface area contributed by atoms with Gasteiger partial charge in [-0.1, -0.05) is 18.2 Å². The van der Waals surface area contributed by atoms with Crippen LogP contribution in [-0.4, -0.2) is 78.6 Å². The number of rotatable bonds is 17. The van der Waals surface area contributed by atoms with Crippen molar-refractivity contribution in [2.75, 3.05) is 72.7 Å². The molecule has 26 heavy (non-hydrogen) atoms. The largest absolute Gasteiger partial charge is 0.460 e. The van der Waals surface area contributed by atoms with Gasteiger partial charge < -0.3 is 28.4 Å². The molecule has 0 saturated carbocycles. The van der Waals surface area contributed by atoms with Crippen molar-refractivity contribution >= 4 is 5.97 Å². The van der Waals surface area contributed by atoms with Gasteiger partial charge in [0.05, 0.1) is 65.0 Å². The summed E-state index contributed by atoms with van der Waals surface area (Å²) < 4.78 is 31.6. The molecule has 0 aliphatic heterocycles. The van der Waals surface area contributed by atoms with Gasteiger partial charge in [-0.15, -0.1) is 0 Å². The van der Waals surface area contributed by atoms with Crippen LogP contribution in [0.4, 0.5) is 0 Å². The Morgan fingerprint density at radius 3 is 1.54 bits per heavy atom. The first-order valence-electron chi connectivity index (χ1n) is 8.95. The predicted octanol–water partition coefficient (Wildman–Crippen LogP) is 1.95. The molecule has 0 bridgehead atoms. The van der Waals surface area contributed by atoms with Gasteiger partial charge in [0.2, 0.25) is 0 Å². The Bertz CT molecular complexity index is 439. The molecule has 0 aliphatic carbocycles. The van der Waals surface area contributed by atoms with Crippen molar-refractivity contribution in [3.63, 3.8) is 0 Å². The first kappa shape index (κ1) is 22.5. The average Bonchev–Trinajstić information content (AvgIpc) is 2.68. The van der Waals surface area contributed by atoms with Crippen molar-refractivity contribution in [3.8, 4) is 0 Å². The van der Waals surface area contributed by atoms with Gasteiger partial charge in [0.15, 0.2) is 0 Å². The smallest absolute Gasteiger partial charge is 0.338 e. The zero-order valence-electron chi connectivity index (χ0n) is 15.5. The highest BCUT2D eigenvalue weighted by atomic mass is 16.6. The van der Waals surface area contributed by atoms with Gasteiger partial charge in [0.25, 0.3) is 0 Å². The number of esters is 1. The molecule has 1 rings (SSSR count). The highest BCUT2D eigenvalue weighted by Gasteiger charge is 2.04. The van der Waals surface area contributed by atoms with Crippen LogP contribution in [-0.2, 0) is 28.4 Å². The standard InChI is InChI=1S/C19H30O7/c1-2-21-8-9-22-10-11-23-12-13-24-14-15-25-16-17-26-19(20)18-6-4-3-5-7-18/h3-7H,2,8-17H2,1H3. The molecule has 7 heteroatoms. The predicted molar refractivity (Wildman–Crippen MR) is 96.5 cm³/mol. The van der Waals surface area contributed by atoms with Crippen LogP contribution in [0.3, 0.4) is 0 Å². The van der Waals surface area contributed by atoms with Crippen LogP contribution in [0.5, 0.6) is 0 Å². The summed E-state index contributed by atoms with van der Waals surface area (Å²) in [7, 11) is 0. The van der Waals surface area contributed by atoms with Crippen molar-refractivity contribution in [1.29, 1.82) is 0 Å². The molecular weight excluding hydrogens is 340 g/mol.